The molecule has 18 heavy (non-hydrogen) atoms. The van der Waals surface area contributed by atoms with Crippen molar-refractivity contribution in [2.45, 2.75) is 13.0 Å². The molecule has 0 aliphatic heterocycles. The number of nitrogens with zero attached hydrogens (tertiary/aromatic N) is 1. The van der Waals surface area contributed by atoms with Crippen LogP contribution in [0.2, 0.25) is 0 Å². The third-order valence-electron chi connectivity index (χ3n) is 2.24. The third-order valence-corrected chi connectivity index (χ3v) is 2.85. The van der Waals surface area contributed by atoms with Crippen molar-refractivity contribution in [2.75, 3.05) is 31.6 Å². The molecule has 0 saturated carbocycles. The lowest BCUT2D eigenvalue weighted by atomic mass is 10.3. The summed E-state index contributed by atoms with van der Waals surface area (Å²) >= 11 is 1.77. The molecule has 1 aromatic heterocycles. The maximum atomic E-state index is 9.84. The maximum absolute atomic E-state index is 9.84. The Labute approximate surface area is 112 Å². The monoisotopic (exact) mass is 271 g/mol. The Kier molecular flexibility index (Phi) is 7.36. The van der Waals surface area contributed by atoms with Gasteiger partial charge in [0.15, 0.2) is 5.96 Å². The molecule has 0 aliphatic rings. The summed E-state index contributed by atoms with van der Waals surface area (Å²) in [5.74, 6) is 2.28. The van der Waals surface area contributed by atoms with Gasteiger partial charge in [-0.2, -0.15) is 11.8 Å². The van der Waals surface area contributed by atoms with Crippen LogP contribution in [0, 0.1) is 0 Å². The highest BCUT2D eigenvalue weighted by Gasteiger charge is 2.09. The number of aliphatic hydroxyl groups is 1. The molecule has 1 atom stereocenters. The van der Waals surface area contributed by atoms with E-state index in [2.05, 4.69) is 21.9 Å². The van der Waals surface area contributed by atoms with Gasteiger partial charge in [-0.15, -0.1) is 0 Å². The summed E-state index contributed by atoms with van der Waals surface area (Å²) in [4.78, 5) is 4.32. The molecule has 6 heteroatoms. The fourth-order valence-corrected chi connectivity index (χ4v) is 1.67. The van der Waals surface area contributed by atoms with Crippen LogP contribution in [0.5, 0.6) is 0 Å². The zero-order valence-corrected chi connectivity index (χ0v) is 11.7. The van der Waals surface area contributed by atoms with Crippen LogP contribution in [0.1, 0.15) is 18.8 Å². The number of hydrogen-bond donors (Lipinski definition) is 3. The van der Waals surface area contributed by atoms with Gasteiger partial charge >= 0.3 is 0 Å². The van der Waals surface area contributed by atoms with Gasteiger partial charge in [-0.25, -0.2) is 0 Å². The van der Waals surface area contributed by atoms with E-state index in [0.717, 1.165) is 24.8 Å². The molecule has 1 aromatic rings. The van der Waals surface area contributed by atoms with Gasteiger partial charge in [0.1, 0.15) is 11.9 Å². The first kappa shape index (κ1) is 14.9. The lowest BCUT2D eigenvalue weighted by Gasteiger charge is -2.11. The zero-order chi connectivity index (χ0) is 13.2. The van der Waals surface area contributed by atoms with Crippen molar-refractivity contribution in [1.29, 1.82) is 0 Å². The Balaban J connectivity index is 2.43. The van der Waals surface area contributed by atoms with Crippen LogP contribution in [0.15, 0.2) is 27.8 Å². The average molecular weight is 271 g/mol. The maximum Gasteiger partial charge on any atom is 0.191 e. The molecule has 0 aliphatic carbocycles. The van der Waals surface area contributed by atoms with Crippen LogP contribution in [0.4, 0.5) is 0 Å². The molecule has 0 aromatic carbocycles. The van der Waals surface area contributed by atoms with Crippen molar-refractivity contribution in [3.05, 3.63) is 24.2 Å². The number of hydrogen-bond acceptors (Lipinski definition) is 4. The summed E-state index contributed by atoms with van der Waals surface area (Å²) in [5, 5.41) is 16.2. The third kappa shape index (κ3) is 5.46. The highest BCUT2D eigenvalue weighted by molar-refractivity contribution is 7.98. The van der Waals surface area contributed by atoms with Crippen LogP contribution in [0.25, 0.3) is 0 Å². The minimum absolute atomic E-state index is 0.280. The van der Waals surface area contributed by atoms with Crippen molar-refractivity contribution < 1.29 is 9.52 Å². The van der Waals surface area contributed by atoms with E-state index in [-0.39, 0.29) is 6.54 Å². The summed E-state index contributed by atoms with van der Waals surface area (Å²) < 4.78 is 5.12. The predicted octanol–water partition coefficient (Wildman–Crippen LogP) is 1.23. The van der Waals surface area contributed by atoms with E-state index < -0.39 is 6.10 Å². The second-order valence-electron chi connectivity index (χ2n) is 3.67. The second kappa shape index (κ2) is 8.88. The Hall–Kier alpha value is -1.14. The van der Waals surface area contributed by atoms with Crippen molar-refractivity contribution in [1.82, 2.24) is 10.6 Å². The standard InChI is InChI=1S/C12H21N3O2S/c1-3-13-12(14-6-8-18-2)15-9-10(16)11-5-4-7-17-11/h4-5,7,10,16H,3,6,8-9H2,1-2H3,(H2,13,14,15). The summed E-state index contributed by atoms with van der Waals surface area (Å²) in [6, 6.07) is 3.50. The van der Waals surface area contributed by atoms with E-state index in [4.69, 9.17) is 4.42 Å². The Morgan fingerprint density at radius 1 is 1.56 bits per heavy atom. The number of furan rings is 1. The van der Waals surface area contributed by atoms with E-state index in [0.29, 0.717) is 5.76 Å². The van der Waals surface area contributed by atoms with E-state index in [1.54, 1.807) is 30.2 Å². The van der Waals surface area contributed by atoms with Crippen LogP contribution < -0.4 is 10.6 Å². The van der Waals surface area contributed by atoms with Gasteiger partial charge in [0.25, 0.3) is 0 Å². The average Bonchev–Trinajstić information content (AvgIpc) is 2.89. The minimum atomic E-state index is -0.698. The molecular formula is C12H21N3O2S. The van der Waals surface area contributed by atoms with Crippen molar-refractivity contribution in [3.63, 3.8) is 0 Å². The van der Waals surface area contributed by atoms with Crippen LogP contribution in [-0.2, 0) is 0 Å². The van der Waals surface area contributed by atoms with Crippen molar-refractivity contribution in [3.8, 4) is 0 Å². The number of aliphatic imine (C=N–C) groups is 1. The first-order valence-electron chi connectivity index (χ1n) is 6.00. The Bertz CT molecular complexity index is 341. The van der Waals surface area contributed by atoms with Gasteiger partial charge in [0.2, 0.25) is 0 Å². The van der Waals surface area contributed by atoms with Gasteiger partial charge < -0.3 is 20.2 Å². The lowest BCUT2D eigenvalue weighted by Crippen LogP contribution is -2.38. The van der Waals surface area contributed by atoms with E-state index in [9.17, 15) is 5.11 Å². The molecule has 1 unspecified atom stereocenters. The molecule has 0 fully saturated rings. The fourth-order valence-electron chi connectivity index (χ4n) is 1.36. The molecule has 1 rings (SSSR count). The van der Waals surface area contributed by atoms with Crippen LogP contribution in [0.3, 0.4) is 0 Å². The van der Waals surface area contributed by atoms with E-state index >= 15 is 0 Å². The van der Waals surface area contributed by atoms with Crippen molar-refractivity contribution >= 4 is 17.7 Å². The molecule has 1 heterocycles. The molecule has 0 bridgehead atoms. The normalized spacial score (nSPS) is 13.4. The summed E-state index contributed by atoms with van der Waals surface area (Å²) in [6.45, 7) is 3.93. The molecule has 0 saturated heterocycles. The first-order chi connectivity index (χ1) is 8.77. The quantitative estimate of drug-likeness (QED) is 0.395. The lowest BCUT2D eigenvalue weighted by molar-refractivity contribution is 0.158. The molecule has 0 radical (unpaired) electrons. The molecular weight excluding hydrogens is 250 g/mol. The second-order valence-corrected chi connectivity index (χ2v) is 4.66. The van der Waals surface area contributed by atoms with Crippen LogP contribution in [-0.4, -0.2) is 42.7 Å². The largest absolute Gasteiger partial charge is 0.467 e. The number of guanidine groups is 1. The highest BCUT2D eigenvalue weighted by atomic mass is 32.2. The first-order valence-corrected chi connectivity index (χ1v) is 7.40. The molecule has 0 amide bonds. The topological polar surface area (TPSA) is 69.8 Å². The van der Waals surface area contributed by atoms with Gasteiger partial charge in [0, 0.05) is 18.8 Å². The minimum Gasteiger partial charge on any atom is -0.467 e. The molecule has 102 valence electrons. The van der Waals surface area contributed by atoms with Gasteiger partial charge in [-0.05, 0) is 25.3 Å². The van der Waals surface area contributed by atoms with Gasteiger partial charge in [-0.3, -0.25) is 4.99 Å². The highest BCUT2D eigenvalue weighted by Crippen LogP contribution is 2.12. The molecule has 3 N–H and O–H groups in total. The van der Waals surface area contributed by atoms with E-state index in [1.807, 2.05) is 6.92 Å². The van der Waals surface area contributed by atoms with Crippen LogP contribution >= 0.6 is 11.8 Å². The number of thioether (sulfide) groups is 1. The number of rotatable bonds is 7. The summed E-state index contributed by atoms with van der Waals surface area (Å²) in [7, 11) is 0. The summed E-state index contributed by atoms with van der Waals surface area (Å²) in [6.07, 6.45) is 2.91. The zero-order valence-electron chi connectivity index (χ0n) is 10.8. The fraction of sp³-hybridized carbons (Fsp3) is 0.583. The molecule has 0 spiro atoms. The molecule has 5 nitrogen and oxygen atoms in total. The number of aliphatic hydroxyl groups excluding tert-OH is 1. The predicted molar refractivity (Wildman–Crippen MR) is 76.0 cm³/mol. The summed E-state index contributed by atoms with van der Waals surface area (Å²) in [5.41, 5.74) is 0. The SMILES string of the molecule is CCNC(=NCC(O)c1ccco1)NCCSC. The smallest absolute Gasteiger partial charge is 0.191 e. The van der Waals surface area contributed by atoms with Gasteiger partial charge in [-0.1, -0.05) is 0 Å². The Morgan fingerprint density at radius 3 is 3.00 bits per heavy atom. The van der Waals surface area contributed by atoms with Gasteiger partial charge in [0.05, 0.1) is 12.8 Å². The van der Waals surface area contributed by atoms with E-state index in [1.165, 1.54) is 0 Å². The Morgan fingerprint density at radius 2 is 2.39 bits per heavy atom. The van der Waals surface area contributed by atoms with Crippen molar-refractivity contribution in [2.24, 2.45) is 4.99 Å². The number of nitrogens with one attached hydrogen (secondary N) is 2.